The van der Waals surface area contributed by atoms with Crippen molar-refractivity contribution in [1.82, 2.24) is 15.1 Å². The van der Waals surface area contributed by atoms with Crippen LogP contribution < -0.4 is 5.32 Å². The van der Waals surface area contributed by atoms with E-state index in [1.54, 1.807) is 0 Å². The third-order valence-corrected chi connectivity index (χ3v) is 5.17. The first-order valence-corrected chi connectivity index (χ1v) is 8.95. The second kappa shape index (κ2) is 8.47. The molecule has 124 valence electrons. The quantitative estimate of drug-likeness (QED) is 0.809. The molecule has 2 heterocycles. The summed E-state index contributed by atoms with van der Waals surface area (Å²) in [5, 5.41) is 3.67. The van der Waals surface area contributed by atoms with E-state index in [1.165, 1.54) is 25.9 Å². The van der Waals surface area contributed by atoms with E-state index in [1.807, 2.05) is 0 Å². The fourth-order valence-corrected chi connectivity index (χ4v) is 3.83. The Kier molecular flexibility index (Phi) is 6.93. The lowest BCUT2D eigenvalue weighted by molar-refractivity contribution is -0.0573. The molecule has 0 aromatic rings. The lowest BCUT2D eigenvalue weighted by Crippen LogP contribution is -2.54. The van der Waals surface area contributed by atoms with Gasteiger partial charge in [0.15, 0.2) is 0 Å². The molecule has 3 atom stereocenters. The number of ether oxygens (including phenoxy) is 1. The van der Waals surface area contributed by atoms with Crippen LogP contribution in [0.3, 0.4) is 0 Å². The molecule has 0 radical (unpaired) electrons. The van der Waals surface area contributed by atoms with Crippen molar-refractivity contribution < 1.29 is 4.74 Å². The Hall–Kier alpha value is -0.160. The number of piperidine rings is 1. The number of likely N-dealkylation sites (tertiary alicyclic amines) is 1. The molecular formula is C17H35N3O. The van der Waals surface area contributed by atoms with Crippen molar-refractivity contribution in [1.29, 1.82) is 0 Å². The minimum atomic E-state index is 0.398. The lowest BCUT2D eigenvalue weighted by atomic mass is 9.89. The van der Waals surface area contributed by atoms with Crippen molar-refractivity contribution in [3.8, 4) is 0 Å². The van der Waals surface area contributed by atoms with E-state index in [0.717, 1.165) is 44.7 Å². The van der Waals surface area contributed by atoms with Gasteiger partial charge in [-0.1, -0.05) is 20.3 Å². The van der Waals surface area contributed by atoms with Crippen LogP contribution in [0.25, 0.3) is 0 Å². The second-order valence-electron chi connectivity index (χ2n) is 6.96. The van der Waals surface area contributed by atoms with Gasteiger partial charge in [0.2, 0.25) is 0 Å². The molecule has 1 N–H and O–H groups in total. The van der Waals surface area contributed by atoms with Crippen molar-refractivity contribution in [3.63, 3.8) is 0 Å². The predicted molar refractivity (Wildman–Crippen MR) is 88.8 cm³/mol. The Morgan fingerprint density at radius 1 is 1.19 bits per heavy atom. The van der Waals surface area contributed by atoms with Gasteiger partial charge in [-0.3, -0.25) is 4.90 Å². The van der Waals surface area contributed by atoms with Crippen LogP contribution in [0.4, 0.5) is 0 Å². The molecule has 0 aliphatic carbocycles. The van der Waals surface area contributed by atoms with Crippen LogP contribution in [-0.2, 0) is 4.74 Å². The van der Waals surface area contributed by atoms with Crippen molar-refractivity contribution in [2.75, 3.05) is 45.9 Å². The maximum absolute atomic E-state index is 6.01. The second-order valence-corrected chi connectivity index (χ2v) is 6.96. The summed E-state index contributed by atoms with van der Waals surface area (Å²) in [6.07, 6.45) is 2.96. The molecule has 2 fully saturated rings. The Morgan fingerprint density at radius 2 is 2.00 bits per heavy atom. The minimum Gasteiger partial charge on any atom is -0.374 e. The first-order valence-electron chi connectivity index (χ1n) is 8.95. The molecular weight excluding hydrogens is 262 g/mol. The summed E-state index contributed by atoms with van der Waals surface area (Å²) in [6, 6.07) is 1.36. The van der Waals surface area contributed by atoms with Crippen LogP contribution in [0, 0.1) is 5.92 Å². The summed E-state index contributed by atoms with van der Waals surface area (Å²) in [4.78, 5) is 5.19. The SMILES string of the molecule is CCNC1CCN(CC2CN(C(C)C)CCO2)CC1CC. The number of nitrogens with zero attached hydrogens (tertiary/aromatic N) is 2. The van der Waals surface area contributed by atoms with E-state index in [0.29, 0.717) is 12.1 Å². The maximum Gasteiger partial charge on any atom is 0.0829 e. The van der Waals surface area contributed by atoms with Gasteiger partial charge in [0.1, 0.15) is 0 Å². The molecule has 2 aliphatic rings. The summed E-state index contributed by atoms with van der Waals surface area (Å²) in [5.74, 6) is 0.795. The molecule has 0 saturated carbocycles. The number of nitrogens with one attached hydrogen (secondary N) is 1. The standard InChI is InChI=1S/C17H35N3O/c1-5-15-11-19(8-7-17(15)18-6-2)12-16-13-20(14(3)4)9-10-21-16/h14-18H,5-13H2,1-4H3. The molecule has 0 aromatic heterocycles. The van der Waals surface area contributed by atoms with Crippen LogP contribution in [0.2, 0.25) is 0 Å². The molecule has 0 amide bonds. The molecule has 3 unspecified atom stereocenters. The number of morpholine rings is 1. The molecule has 0 aromatic carbocycles. The normalized spacial score (nSPS) is 32.7. The van der Waals surface area contributed by atoms with E-state index in [-0.39, 0.29) is 0 Å². The van der Waals surface area contributed by atoms with E-state index in [4.69, 9.17) is 4.74 Å². The Balaban J connectivity index is 1.80. The molecule has 4 nitrogen and oxygen atoms in total. The summed E-state index contributed by atoms with van der Waals surface area (Å²) < 4.78 is 6.01. The fourth-order valence-electron chi connectivity index (χ4n) is 3.83. The number of rotatable bonds is 6. The predicted octanol–water partition coefficient (Wildman–Crippen LogP) is 1.81. The van der Waals surface area contributed by atoms with Crippen molar-refractivity contribution in [3.05, 3.63) is 0 Å². The van der Waals surface area contributed by atoms with Crippen LogP contribution in [0.5, 0.6) is 0 Å². The third-order valence-electron chi connectivity index (χ3n) is 5.17. The van der Waals surface area contributed by atoms with Gasteiger partial charge < -0.3 is 15.0 Å². The van der Waals surface area contributed by atoms with Crippen LogP contribution in [0.15, 0.2) is 0 Å². The van der Waals surface area contributed by atoms with Gasteiger partial charge in [0.05, 0.1) is 12.7 Å². The van der Waals surface area contributed by atoms with Gasteiger partial charge in [-0.2, -0.15) is 0 Å². The molecule has 21 heavy (non-hydrogen) atoms. The van der Waals surface area contributed by atoms with Gasteiger partial charge in [-0.25, -0.2) is 0 Å². The van der Waals surface area contributed by atoms with Gasteiger partial charge in [0.25, 0.3) is 0 Å². The maximum atomic E-state index is 6.01. The molecule has 0 bridgehead atoms. The van der Waals surface area contributed by atoms with Crippen LogP contribution in [0.1, 0.15) is 40.5 Å². The summed E-state index contributed by atoms with van der Waals surface area (Å²) >= 11 is 0. The average Bonchev–Trinajstić information content (AvgIpc) is 2.49. The molecule has 2 saturated heterocycles. The summed E-state index contributed by atoms with van der Waals surface area (Å²) in [6.45, 7) is 16.9. The van der Waals surface area contributed by atoms with Gasteiger partial charge in [0, 0.05) is 38.3 Å². The highest BCUT2D eigenvalue weighted by Crippen LogP contribution is 2.21. The number of hydrogen-bond donors (Lipinski definition) is 1. The van der Waals surface area contributed by atoms with Gasteiger partial charge in [-0.15, -0.1) is 0 Å². The van der Waals surface area contributed by atoms with E-state index < -0.39 is 0 Å². The summed E-state index contributed by atoms with van der Waals surface area (Å²) in [7, 11) is 0. The first-order chi connectivity index (χ1) is 10.1. The smallest absolute Gasteiger partial charge is 0.0829 e. The highest BCUT2D eigenvalue weighted by molar-refractivity contribution is 4.86. The zero-order chi connectivity index (χ0) is 15.2. The third kappa shape index (κ3) is 4.92. The van der Waals surface area contributed by atoms with Gasteiger partial charge >= 0.3 is 0 Å². The monoisotopic (exact) mass is 297 g/mol. The molecule has 0 spiro atoms. The van der Waals surface area contributed by atoms with Crippen molar-refractivity contribution in [2.45, 2.75) is 58.7 Å². The van der Waals surface area contributed by atoms with Crippen LogP contribution >= 0.6 is 0 Å². The van der Waals surface area contributed by atoms with E-state index in [9.17, 15) is 0 Å². The van der Waals surface area contributed by atoms with Crippen molar-refractivity contribution >= 4 is 0 Å². The number of hydrogen-bond acceptors (Lipinski definition) is 4. The summed E-state index contributed by atoms with van der Waals surface area (Å²) in [5.41, 5.74) is 0. The van der Waals surface area contributed by atoms with E-state index >= 15 is 0 Å². The average molecular weight is 297 g/mol. The highest BCUT2D eigenvalue weighted by Gasteiger charge is 2.30. The molecule has 2 rings (SSSR count). The van der Waals surface area contributed by atoms with Crippen LogP contribution in [-0.4, -0.2) is 73.9 Å². The Labute approximate surface area is 131 Å². The topological polar surface area (TPSA) is 27.7 Å². The van der Waals surface area contributed by atoms with Crippen molar-refractivity contribution in [2.24, 2.45) is 5.92 Å². The van der Waals surface area contributed by atoms with Gasteiger partial charge in [-0.05, 0) is 39.3 Å². The lowest BCUT2D eigenvalue weighted by Gasteiger charge is -2.42. The zero-order valence-electron chi connectivity index (χ0n) is 14.5. The highest BCUT2D eigenvalue weighted by atomic mass is 16.5. The van der Waals surface area contributed by atoms with E-state index in [2.05, 4.69) is 42.8 Å². The fraction of sp³-hybridized carbons (Fsp3) is 1.00. The largest absolute Gasteiger partial charge is 0.374 e. The minimum absolute atomic E-state index is 0.398. The first kappa shape index (κ1) is 17.2. The Morgan fingerprint density at radius 3 is 2.67 bits per heavy atom. The zero-order valence-corrected chi connectivity index (χ0v) is 14.5. The molecule has 2 aliphatic heterocycles. The Bertz CT molecular complexity index is 298. The molecule has 4 heteroatoms.